The number of halogens is 1. The number of ether oxygens (including phenoxy) is 1. The second-order valence-electron chi connectivity index (χ2n) is 6.95. The lowest BCUT2D eigenvalue weighted by Crippen LogP contribution is -2.34. The predicted molar refractivity (Wildman–Crippen MR) is 127 cm³/mol. The Morgan fingerprint density at radius 2 is 1.84 bits per heavy atom. The van der Waals surface area contributed by atoms with Crippen LogP contribution in [0.25, 0.3) is 33.7 Å². The Morgan fingerprint density at radius 1 is 1.06 bits per heavy atom. The fourth-order valence-electron chi connectivity index (χ4n) is 3.59. The number of anilines is 1. The topological polar surface area (TPSA) is 108 Å². The van der Waals surface area contributed by atoms with Crippen LogP contribution in [0.1, 0.15) is 0 Å². The van der Waals surface area contributed by atoms with Crippen LogP contribution < -0.4 is 21.7 Å². The summed E-state index contributed by atoms with van der Waals surface area (Å²) in [6, 6.07) is 15.7. The highest BCUT2D eigenvalue weighted by atomic mass is 35.5. The molecule has 0 saturated carbocycles. The number of nitrogens with two attached hydrogens (primary N) is 1. The van der Waals surface area contributed by atoms with Crippen molar-refractivity contribution in [2.45, 2.75) is 0 Å². The molecule has 0 atom stereocenters. The summed E-state index contributed by atoms with van der Waals surface area (Å²) in [6.45, 7) is 0. The van der Waals surface area contributed by atoms with E-state index in [1.807, 2.05) is 29.6 Å². The van der Waals surface area contributed by atoms with E-state index in [0.717, 1.165) is 15.8 Å². The number of hydrogen-bond acceptors (Lipinski definition) is 6. The molecule has 0 fully saturated rings. The van der Waals surface area contributed by atoms with E-state index < -0.39 is 11.2 Å². The summed E-state index contributed by atoms with van der Waals surface area (Å²) < 4.78 is 7.89. The number of rotatable bonds is 4. The average Bonchev–Trinajstić information content (AvgIpc) is 3.36. The molecule has 3 heterocycles. The van der Waals surface area contributed by atoms with Crippen LogP contribution in [0.5, 0.6) is 5.75 Å². The van der Waals surface area contributed by atoms with Crippen LogP contribution in [0, 0.1) is 0 Å². The van der Waals surface area contributed by atoms with Gasteiger partial charge in [0.2, 0.25) is 0 Å². The molecule has 0 aliphatic rings. The van der Waals surface area contributed by atoms with Gasteiger partial charge in [-0.3, -0.25) is 9.36 Å². The maximum Gasteiger partial charge on any atom is 0.333 e. The van der Waals surface area contributed by atoms with E-state index in [4.69, 9.17) is 22.1 Å². The first kappa shape index (κ1) is 20.1. The Bertz CT molecular complexity index is 1580. The average molecular weight is 466 g/mol. The highest BCUT2D eigenvalue weighted by molar-refractivity contribution is 7.13. The summed E-state index contributed by atoms with van der Waals surface area (Å²) >= 11 is 7.84. The summed E-state index contributed by atoms with van der Waals surface area (Å²) in [5, 5.41) is 2.66. The molecule has 5 aromatic rings. The monoisotopic (exact) mass is 465 g/mol. The first-order valence-corrected chi connectivity index (χ1v) is 10.7. The van der Waals surface area contributed by atoms with Gasteiger partial charge in [0.25, 0.3) is 5.56 Å². The number of aromatic nitrogens is 4. The summed E-state index contributed by atoms with van der Waals surface area (Å²) in [5.74, 6) is 0.528. The van der Waals surface area contributed by atoms with Crippen molar-refractivity contribution in [3.63, 3.8) is 0 Å². The molecule has 3 N–H and O–H groups in total. The molecular formula is C22H16ClN5O3S. The first-order chi connectivity index (χ1) is 15.5. The zero-order chi connectivity index (χ0) is 22.4. The Labute approximate surface area is 190 Å². The van der Waals surface area contributed by atoms with Crippen LogP contribution in [0.3, 0.4) is 0 Å². The van der Waals surface area contributed by atoms with Crippen LogP contribution in [0.15, 0.2) is 69.6 Å². The molecule has 0 spiro atoms. The van der Waals surface area contributed by atoms with Crippen molar-refractivity contribution >= 4 is 39.1 Å². The Balaban J connectivity index is 1.70. The molecule has 2 aromatic carbocycles. The third-order valence-corrected chi connectivity index (χ3v) is 6.01. The van der Waals surface area contributed by atoms with Crippen LogP contribution in [0.2, 0.25) is 5.15 Å². The Morgan fingerprint density at radius 3 is 2.53 bits per heavy atom. The molecule has 0 saturated heterocycles. The number of nitrogen functional groups attached to an aromatic ring is 1. The standard InChI is InChI=1S/C22H16ClN5O3S/c1-31-15-4-2-3-14(9-15)28-20(29)19-16(26-22(28)30)10-18(23)27(19)13-7-5-12(6-8-13)17-11-32-21(24)25-17/h2-11H,1H3,(H2,24,25)(H,26,30). The van der Waals surface area contributed by atoms with Crippen molar-refractivity contribution < 1.29 is 4.74 Å². The van der Waals surface area contributed by atoms with Gasteiger partial charge in [0.15, 0.2) is 5.13 Å². The van der Waals surface area contributed by atoms with E-state index in [-0.39, 0.29) is 5.52 Å². The normalized spacial score (nSPS) is 11.2. The highest BCUT2D eigenvalue weighted by Crippen LogP contribution is 2.28. The molecule has 0 bridgehead atoms. The number of thiazole rings is 1. The summed E-state index contributed by atoms with van der Waals surface area (Å²) in [7, 11) is 1.52. The molecule has 3 aromatic heterocycles. The van der Waals surface area contributed by atoms with Crippen molar-refractivity contribution in [2.24, 2.45) is 0 Å². The number of hydrogen-bond donors (Lipinski definition) is 2. The SMILES string of the molecule is COc1cccc(-n2c(=O)[nH]c3cc(Cl)n(-c4ccc(-c5csc(N)n5)cc4)c3c2=O)c1. The number of nitrogens with one attached hydrogen (secondary N) is 1. The van der Waals surface area contributed by atoms with E-state index in [1.165, 1.54) is 18.4 Å². The molecule has 160 valence electrons. The zero-order valence-corrected chi connectivity index (χ0v) is 18.3. The van der Waals surface area contributed by atoms with Crippen molar-refractivity contribution in [3.8, 4) is 28.4 Å². The van der Waals surface area contributed by atoms with Crippen LogP contribution >= 0.6 is 22.9 Å². The lowest BCUT2D eigenvalue weighted by molar-refractivity contribution is 0.414. The van der Waals surface area contributed by atoms with Crippen molar-refractivity contribution in [3.05, 3.63) is 86.0 Å². The lowest BCUT2D eigenvalue weighted by Gasteiger charge is -2.10. The molecule has 10 heteroatoms. The van der Waals surface area contributed by atoms with Gasteiger partial charge in [-0.05, 0) is 30.3 Å². The second-order valence-corrected chi connectivity index (χ2v) is 8.23. The van der Waals surface area contributed by atoms with E-state index in [0.29, 0.717) is 32.9 Å². The van der Waals surface area contributed by atoms with Crippen LogP contribution in [-0.4, -0.2) is 26.2 Å². The summed E-state index contributed by atoms with van der Waals surface area (Å²) in [4.78, 5) is 33.2. The number of aromatic amines is 1. The van der Waals surface area contributed by atoms with Crippen molar-refractivity contribution in [2.75, 3.05) is 12.8 Å². The van der Waals surface area contributed by atoms with Crippen molar-refractivity contribution in [1.29, 1.82) is 0 Å². The second kappa shape index (κ2) is 7.70. The number of nitrogens with zero attached hydrogens (tertiary/aromatic N) is 3. The van der Waals surface area contributed by atoms with Gasteiger partial charge in [0.1, 0.15) is 16.4 Å². The third kappa shape index (κ3) is 3.28. The van der Waals surface area contributed by atoms with Crippen LogP contribution in [-0.2, 0) is 0 Å². The molecular weight excluding hydrogens is 450 g/mol. The lowest BCUT2D eigenvalue weighted by atomic mass is 10.1. The van der Waals surface area contributed by atoms with E-state index in [2.05, 4.69) is 9.97 Å². The molecule has 0 aliphatic heterocycles. The minimum Gasteiger partial charge on any atom is -0.497 e. The van der Waals surface area contributed by atoms with E-state index in [1.54, 1.807) is 34.9 Å². The number of benzene rings is 2. The number of fused-ring (bicyclic) bond motifs is 1. The number of methoxy groups -OCH3 is 1. The fourth-order valence-corrected chi connectivity index (χ4v) is 4.46. The maximum absolute atomic E-state index is 13.4. The summed E-state index contributed by atoms with van der Waals surface area (Å²) in [5.41, 5.74) is 7.97. The first-order valence-electron chi connectivity index (χ1n) is 9.49. The van der Waals surface area contributed by atoms with Gasteiger partial charge in [-0.1, -0.05) is 29.8 Å². The van der Waals surface area contributed by atoms with Gasteiger partial charge in [0.05, 0.1) is 24.0 Å². The largest absolute Gasteiger partial charge is 0.497 e. The third-order valence-electron chi connectivity index (χ3n) is 5.06. The maximum atomic E-state index is 13.4. The van der Waals surface area contributed by atoms with Gasteiger partial charge in [-0.25, -0.2) is 14.3 Å². The molecule has 32 heavy (non-hydrogen) atoms. The van der Waals surface area contributed by atoms with Crippen molar-refractivity contribution in [1.82, 2.24) is 19.1 Å². The van der Waals surface area contributed by atoms with Gasteiger partial charge < -0.3 is 15.5 Å². The molecule has 8 nitrogen and oxygen atoms in total. The molecule has 0 unspecified atom stereocenters. The zero-order valence-electron chi connectivity index (χ0n) is 16.7. The van der Waals surface area contributed by atoms with Gasteiger partial charge >= 0.3 is 5.69 Å². The van der Waals surface area contributed by atoms with Gasteiger partial charge in [0, 0.05) is 22.7 Å². The van der Waals surface area contributed by atoms with Crippen LogP contribution in [0.4, 0.5) is 5.13 Å². The van der Waals surface area contributed by atoms with E-state index in [9.17, 15) is 9.59 Å². The minimum absolute atomic E-state index is 0.253. The fraction of sp³-hybridized carbons (Fsp3) is 0.0455. The van der Waals surface area contributed by atoms with Gasteiger partial charge in [-0.2, -0.15) is 0 Å². The van der Waals surface area contributed by atoms with Gasteiger partial charge in [-0.15, -0.1) is 11.3 Å². The quantitative estimate of drug-likeness (QED) is 0.419. The predicted octanol–water partition coefficient (Wildman–Crippen LogP) is 3.84. The molecule has 5 rings (SSSR count). The smallest absolute Gasteiger partial charge is 0.333 e. The summed E-state index contributed by atoms with van der Waals surface area (Å²) in [6.07, 6.45) is 0. The Kier molecular flexibility index (Phi) is 4.84. The molecule has 0 radical (unpaired) electrons. The minimum atomic E-state index is -0.568. The molecule has 0 amide bonds. The Hall–Kier alpha value is -3.82. The van der Waals surface area contributed by atoms with E-state index >= 15 is 0 Å². The highest BCUT2D eigenvalue weighted by Gasteiger charge is 2.18. The molecule has 0 aliphatic carbocycles. The number of H-pyrrole nitrogens is 1.